The Balaban J connectivity index is 1.78. The molecule has 1 aliphatic heterocycles. The zero-order valence-corrected chi connectivity index (χ0v) is 22.5. The first-order valence-corrected chi connectivity index (χ1v) is 12.9. The molecule has 1 spiro atoms. The fourth-order valence-corrected chi connectivity index (χ4v) is 5.39. The molecule has 2 amide bonds. The van der Waals surface area contributed by atoms with Crippen LogP contribution in [0.1, 0.15) is 45.1 Å². The van der Waals surface area contributed by atoms with Gasteiger partial charge in [0.1, 0.15) is 5.75 Å². The quantitative estimate of drug-likeness (QED) is 0.132. The van der Waals surface area contributed by atoms with Crippen molar-refractivity contribution in [2.24, 2.45) is 17.1 Å². The molecule has 0 aromatic heterocycles. The number of benzene rings is 1. The molecule has 8 heteroatoms. The highest BCUT2D eigenvalue weighted by Gasteiger charge is 2.49. The van der Waals surface area contributed by atoms with Crippen molar-refractivity contribution in [1.82, 2.24) is 4.90 Å². The molecule has 2 aliphatic rings. The van der Waals surface area contributed by atoms with Gasteiger partial charge in [-0.1, -0.05) is 49.8 Å². The van der Waals surface area contributed by atoms with E-state index in [0.717, 1.165) is 24.8 Å². The summed E-state index contributed by atoms with van der Waals surface area (Å²) < 4.78 is 31.9. The van der Waals surface area contributed by atoms with E-state index in [-0.39, 0.29) is 34.3 Å². The Hall–Kier alpha value is -3.99. The lowest BCUT2D eigenvalue weighted by atomic mass is 9.59. The summed E-state index contributed by atoms with van der Waals surface area (Å²) in [6.45, 7) is 11.1. The van der Waals surface area contributed by atoms with Gasteiger partial charge in [-0.2, -0.15) is 8.78 Å². The van der Waals surface area contributed by atoms with Crippen molar-refractivity contribution < 1.29 is 23.1 Å². The van der Waals surface area contributed by atoms with E-state index in [2.05, 4.69) is 25.0 Å². The molecule has 0 atom stereocenters. The van der Waals surface area contributed by atoms with Gasteiger partial charge >= 0.3 is 0 Å². The molecule has 206 valence electrons. The Morgan fingerprint density at radius 2 is 1.95 bits per heavy atom. The van der Waals surface area contributed by atoms with Crippen molar-refractivity contribution in [3.05, 3.63) is 72.4 Å². The number of amides is 2. The van der Waals surface area contributed by atoms with Crippen LogP contribution in [0, 0.1) is 28.6 Å². The molecule has 2 fully saturated rings. The number of primary amides is 1. The van der Waals surface area contributed by atoms with Crippen LogP contribution in [0.3, 0.4) is 0 Å². The minimum Gasteiger partial charge on any atom is -0.487 e. The van der Waals surface area contributed by atoms with Crippen LogP contribution < -0.4 is 10.5 Å². The topological polar surface area (TPSA) is 96.5 Å². The first kappa shape index (κ1) is 29.6. The second-order valence-corrected chi connectivity index (χ2v) is 10.1. The maximum atomic E-state index is 13.4. The summed E-state index contributed by atoms with van der Waals surface area (Å²) in [5.41, 5.74) is 7.78. The maximum absolute atomic E-state index is 13.4. The summed E-state index contributed by atoms with van der Waals surface area (Å²) in [5, 5.41) is 8.75. The smallest absolute Gasteiger partial charge is 0.299 e. The Morgan fingerprint density at radius 3 is 2.49 bits per heavy atom. The second kappa shape index (κ2) is 12.2. The normalized spacial score (nSPS) is 21.3. The minimum atomic E-state index is -3.15. The average molecular weight is 536 g/mol. The molecule has 1 aromatic carbocycles. The number of nitrogens with two attached hydrogens (primary N) is 1. The molecule has 1 saturated carbocycles. The zero-order valence-electron chi connectivity index (χ0n) is 22.5. The van der Waals surface area contributed by atoms with Gasteiger partial charge in [-0.25, -0.2) is 0 Å². The third-order valence-corrected chi connectivity index (χ3v) is 7.46. The van der Waals surface area contributed by atoms with Crippen molar-refractivity contribution in [3.63, 3.8) is 0 Å². The van der Waals surface area contributed by atoms with Crippen molar-refractivity contribution >= 4 is 23.1 Å². The minimum absolute atomic E-state index is 0.0115. The third kappa shape index (κ3) is 6.91. The number of alkyl halides is 2. The molecule has 1 saturated heterocycles. The molecule has 1 aromatic rings. The highest BCUT2D eigenvalue weighted by atomic mass is 19.3. The molecule has 1 aliphatic carbocycles. The van der Waals surface area contributed by atoms with Crippen LogP contribution in [0.15, 0.2) is 66.8 Å². The van der Waals surface area contributed by atoms with Gasteiger partial charge in [-0.15, -0.1) is 0 Å². The van der Waals surface area contributed by atoms with E-state index >= 15 is 0 Å². The van der Waals surface area contributed by atoms with Crippen molar-refractivity contribution in [3.8, 4) is 17.6 Å². The van der Waals surface area contributed by atoms with E-state index in [9.17, 15) is 18.4 Å². The summed E-state index contributed by atoms with van der Waals surface area (Å²) in [5.74, 6) is 1.72. The number of ether oxygens (including phenoxy) is 1. The van der Waals surface area contributed by atoms with Crippen LogP contribution in [0.4, 0.5) is 8.78 Å². The molecule has 39 heavy (non-hydrogen) atoms. The Kier molecular flexibility index (Phi) is 9.28. The maximum Gasteiger partial charge on any atom is 0.299 e. The van der Waals surface area contributed by atoms with Gasteiger partial charge in [0, 0.05) is 13.1 Å². The fourth-order valence-electron chi connectivity index (χ4n) is 5.39. The molecule has 3 N–H and O–H groups in total. The van der Waals surface area contributed by atoms with Gasteiger partial charge in [-0.3, -0.25) is 9.59 Å². The molecule has 0 radical (unpaired) electrons. The van der Waals surface area contributed by atoms with Crippen LogP contribution in [-0.4, -0.2) is 48.0 Å². The zero-order chi connectivity index (χ0) is 28.8. The summed E-state index contributed by atoms with van der Waals surface area (Å²) in [6.07, 6.45) is 7.18. The van der Waals surface area contributed by atoms with Crippen LogP contribution >= 0.6 is 0 Å². The molecular weight excluding hydrogens is 500 g/mol. The van der Waals surface area contributed by atoms with E-state index in [1.54, 1.807) is 25.1 Å². The first-order chi connectivity index (χ1) is 18.5. The van der Waals surface area contributed by atoms with Crippen molar-refractivity contribution in [2.75, 3.05) is 19.7 Å². The highest BCUT2D eigenvalue weighted by molar-refractivity contribution is 6.29. The van der Waals surface area contributed by atoms with E-state index in [0.29, 0.717) is 36.7 Å². The number of carbonyl (C=O) groups excluding carboxylic acids is 2. The van der Waals surface area contributed by atoms with Gasteiger partial charge in [0.05, 0.1) is 11.3 Å². The SMILES string of the molecule is C=C/C(=C(\C(=N)/C=C(/CC)C1CC2(CCN(C(=O)C#CC)C2)C1)C(N)=O)c1ccc(OCC(F)(F)C=C)cc1. The summed E-state index contributed by atoms with van der Waals surface area (Å²) in [7, 11) is 0. The predicted octanol–water partition coefficient (Wildman–Crippen LogP) is 5.32. The monoisotopic (exact) mass is 535 g/mol. The molecule has 0 unspecified atom stereocenters. The molecule has 6 nitrogen and oxygen atoms in total. The number of hydrogen-bond donors (Lipinski definition) is 2. The molecular formula is C31H35F2N3O3. The Morgan fingerprint density at radius 1 is 1.28 bits per heavy atom. The summed E-state index contributed by atoms with van der Waals surface area (Å²) >= 11 is 0. The largest absolute Gasteiger partial charge is 0.487 e. The van der Waals surface area contributed by atoms with E-state index in [1.165, 1.54) is 18.2 Å². The summed E-state index contributed by atoms with van der Waals surface area (Å²) in [6, 6.07) is 6.21. The van der Waals surface area contributed by atoms with E-state index in [1.807, 2.05) is 11.8 Å². The van der Waals surface area contributed by atoms with Crippen LogP contribution in [0.5, 0.6) is 5.75 Å². The number of rotatable bonds is 11. The van der Waals surface area contributed by atoms with Crippen molar-refractivity contribution in [1.29, 1.82) is 5.41 Å². The molecule has 0 bridgehead atoms. The molecule has 3 rings (SSSR count). The Bertz CT molecular complexity index is 1280. The van der Waals surface area contributed by atoms with Gasteiger partial charge in [0.15, 0.2) is 6.61 Å². The number of carbonyl (C=O) groups is 2. The van der Waals surface area contributed by atoms with E-state index < -0.39 is 18.4 Å². The number of hydrogen-bond acceptors (Lipinski definition) is 4. The fraction of sp³-hybridized carbons (Fsp3) is 0.387. The van der Waals surface area contributed by atoms with Gasteiger partial charge in [-0.05, 0) is 85.3 Å². The van der Waals surface area contributed by atoms with Crippen LogP contribution in [0.2, 0.25) is 0 Å². The lowest BCUT2D eigenvalue weighted by molar-refractivity contribution is -0.125. The predicted molar refractivity (Wildman–Crippen MR) is 149 cm³/mol. The average Bonchev–Trinajstić information content (AvgIpc) is 3.35. The highest BCUT2D eigenvalue weighted by Crippen LogP contribution is 2.54. The van der Waals surface area contributed by atoms with Crippen LogP contribution in [0.25, 0.3) is 5.57 Å². The van der Waals surface area contributed by atoms with Gasteiger partial charge < -0.3 is 20.8 Å². The number of nitrogens with zero attached hydrogens (tertiary/aromatic N) is 1. The first-order valence-electron chi connectivity index (χ1n) is 12.9. The number of allylic oxidation sites excluding steroid dienone is 4. The lowest BCUT2D eigenvalue weighted by Crippen LogP contribution is -2.41. The van der Waals surface area contributed by atoms with Crippen LogP contribution in [-0.2, 0) is 9.59 Å². The van der Waals surface area contributed by atoms with E-state index in [4.69, 9.17) is 15.9 Å². The number of nitrogens with one attached hydrogen (secondary N) is 1. The van der Waals surface area contributed by atoms with Crippen molar-refractivity contribution in [2.45, 2.75) is 45.5 Å². The van der Waals surface area contributed by atoms with Gasteiger partial charge in [0.2, 0.25) is 0 Å². The Labute approximate surface area is 228 Å². The number of halogens is 2. The third-order valence-electron chi connectivity index (χ3n) is 7.46. The molecule has 1 heterocycles. The lowest BCUT2D eigenvalue weighted by Gasteiger charge is -2.46. The standard InChI is InChI=1S/C31H35F2N3O3/c1-5-9-27(37)36-15-14-30(19-36)17-23(18-30)21(6-2)16-26(34)28(29(35)38)25(7-3)22-10-12-24(13-11-22)39-20-31(32,33)8-4/h7-8,10-13,16,23,34H,3-4,6,14-15,17-20H2,1-2H3,(H2,35,38)/b21-16-,28-25-,34-26?. The second-order valence-electron chi connectivity index (χ2n) is 10.1. The number of likely N-dealkylation sites (tertiary alicyclic amines) is 1. The summed E-state index contributed by atoms with van der Waals surface area (Å²) in [4.78, 5) is 26.5. The van der Waals surface area contributed by atoms with Gasteiger partial charge in [0.25, 0.3) is 17.7 Å².